The van der Waals surface area contributed by atoms with Crippen molar-refractivity contribution in [3.05, 3.63) is 64.7 Å². The van der Waals surface area contributed by atoms with Crippen LogP contribution in [-0.2, 0) is 22.2 Å². The van der Waals surface area contributed by atoms with Gasteiger partial charge in [-0.25, -0.2) is 0 Å². The molecule has 0 amide bonds. The minimum absolute atomic E-state index is 0.0216. The van der Waals surface area contributed by atoms with Gasteiger partial charge in [0.05, 0.1) is 18.2 Å². The Hall–Kier alpha value is -3.09. The lowest BCUT2D eigenvalue weighted by Gasteiger charge is -2.09. The first kappa shape index (κ1) is 22.2. The second-order valence-corrected chi connectivity index (χ2v) is 6.38. The predicted octanol–water partition coefficient (Wildman–Crippen LogP) is 4.98. The third-order valence-corrected chi connectivity index (χ3v) is 4.36. The van der Waals surface area contributed by atoms with Gasteiger partial charge in [0, 0.05) is 12.8 Å². The lowest BCUT2D eigenvalue weighted by Crippen LogP contribution is -2.13. The number of benzene rings is 2. The zero-order chi connectivity index (χ0) is 21.6. The van der Waals surface area contributed by atoms with E-state index in [1.807, 2.05) is 0 Å². The molecule has 0 atom stereocenters. The van der Waals surface area contributed by atoms with Crippen molar-refractivity contribution in [2.75, 3.05) is 7.11 Å². The SMILES string of the molecule is CCC(=O)C(=Cc1ccc(C(F)(F)F)cc1)C(=O)CCc1ccc(O)c(OC)c1. The first-order valence-electron chi connectivity index (χ1n) is 8.97. The Morgan fingerprint density at radius 3 is 2.28 bits per heavy atom. The number of rotatable bonds is 8. The van der Waals surface area contributed by atoms with E-state index in [9.17, 15) is 27.9 Å². The van der Waals surface area contributed by atoms with Crippen LogP contribution in [0, 0.1) is 0 Å². The Kier molecular flexibility index (Phi) is 7.20. The number of Topliss-reactive ketones (excluding diaryl/α,β-unsaturated/α-hetero) is 2. The molecule has 7 heteroatoms. The average Bonchev–Trinajstić information content (AvgIpc) is 2.70. The highest BCUT2D eigenvalue weighted by molar-refractivity contribution is 6.23. The molecule has 0 spiro atoms. The maximum Gasteiger partial charge on any atom is 0.416 e. The van der Waals surface area contributed by atoms with Crippen LogP contribution >= 0.6 is 0 Å². The lowest BCUT2D eigenvalue weighted by atomic mass is 9.96. The maximum absolute atomic E-state index is 12.7. The Morgan fingerprint density at radius 2 is 1.72 bits per heavy atom. The number of phenols is 1. The van der Waals surface area contributed by atoms with Gasteiger partial charge in [-0.3, -0.25) is 9.59 Å². The highest BCUT2D eigenvalue weighted by Crippen LogP contribution is 2.30. The molecule has 2 aromatic rings. The molecule has 2 rings (SSSR count). The number of ether oxygens (including phenoxy) is 1. The van der Waals surface area contributed by atoms with Crippen LogP contribution in [0.25, 0.3) is 6.08 Å². The first-order chi connectivity index (χ1) is 13.7. The topological polar surface area (TPSA) is 63.6 Å². The molecule has 154 valence electrons. The summed E-state index contributed by atoms with van der Waals surface area (Å²) in [6.07, 6.45) is -2.68. The number of methoxy groups -OCH3 is 1. The fourth-order valence-corrected chi connectivity index (χ4v) is 2.71. The molecule has 29 heavy (non-hydrogen) atoms. The number of hydrogen-bond donors (Lipinski definition) is 1. The molecular weight excluding hydrogens is 385 g/mol. The molecule has 0 aliphatic heterocycles. The van der Waals surface area contributed by atoms with Crippen molar-refractivity contribution >= 4 is 17.6 Å². The number of aromatic hydroxyl groups is 1. The number of allylic oxidation sites excluding steroid dienone is 1. The minimum atomic E-state index is -4.45. The van der Waals surface area contributed by atoms with Gasteiger partial charge in [-0.1, -0.05) is 25.1 Å². The number of aryl methyl sites for hydroxylation is 1. The van der Waals surface area contributed by atoms with Gasteiger partial charge in [-0.05, 0) is 47.9 Å². The van der Waals surface area contributed by atoms with E-state index >= 15 is 0 Å². The largest absolute Gasteiger partial charge is 0.504 e. The molecule has 0 aromatic heterocycles. The van der Waals surface area contributed by atoms with E-state index in [0.717, 1.165) is 17.7 Å². The van der Waals surface area contributed by atoms with E-state index in [0.29, 0.717) is 12.0 Å². The van der Waals surface area contributed by atoms with Crippen LogP contribution in [0.2, 0.25) is 0 Å². The molecule has 0 aliphatic carbocycles. The molecule has 0 heterocycles. The number of halogens is 3. The molecule has 2 aromatic carbocycles. The molecule has 4 nitrogen and oxygen atoms in total. The quantitative estimate of drug-likeness (QED) is 0.381. The Labute approximate surface area is 166 Å². The summed E-state index contributed by atoms with van der Waals surface area (Å²) in [4.78, 5) is 24.8. The van der Waals surface area contributed by atoms with E-state index in [1.54, 1.807) is 19.1 Å². The number of carbonyl (C=O) groups excluding carboxylic acids is 2. The standard InChI is InChI=1S/C22H21F3O4/c1-3-18(26)17(12-14-4-8-16(9-5-14)22(23,24)25)19(27)10-6-15-7-11-20(28)21(13-15)29-2/h4-5,7-9,11-13,28H,3,6,10H2,1-2H3. The van der Waals surface area contributed by atoms with Crippen molar-refractivity contribution in [1.29, 1.82) is 0 Å². The summed E-state index contributed by atoms with van der Waals surface area (Å²) in [6.45, 7) is 1.61. The summed E-state index contributed by atoms with van der Waals surface area (Å²) in [6, 6.07) is 8.97. The molecular formula is C22H21F3O4. The highest BCUT2D eigenvalue weighted by Gasteiger charge is 2.30. The summed E-state index contributed by atoms with van der Waals surface area (Å²) < 4.78 is 43.1. The van der Waals surface area contributed by atoms with Crippen LogP contribution in [0.3, 0.4) is 0 Å². The van der Waals surface area contributed by atoms with E-state index in [4.69, 9.17) is 4.74 Å². The highest BCUT2D eigenvalue weighted by atomic mass is 19.4. The zero-order valence-electron chi connectivity index (χ0n) is 16.0. The first-order valence-corrected chi connectivity index (χ1v) is 8.97. The fraction of sp³-hybridized carbons (Fsp3) is 0.273. The van der Waals surface area contributed by atoms with Crippen LogP contribution in [0.15, 0.2) is 48.0 Å². The normalized spacial score (nSPS) is 12.0. The molecule has 0 bridgehead atoms. The van der Waals surface area contributed by atoms with Crippen LogP contribution in [-0.4, -0.2) is 23.8 Å². The minimum Gasteiger partial charge on any atom is -0.504 e. The molecule has 0 radical (unpaired) electrons. The zero-order valence-corrected chi connectivity index (χ0v) is 16.0. The fourth-order valence-electron chi connectivity index (χ4n) is 2.71. The third-order valence-electron chi connectivity index (χ3n) is 4.36. The molecule has 0 fully saturated rings. The van der Waals surface area contributed by atoms with Gasteiger partial charge >= 0.3 is 6.18 Å². The van der Waals surface area contributed by atoms with Gasteiger partial charge in [0.1, 0.15) is 0 Å². The number of alkyl halides is 3. The van der Waals surface area contributed by atoms with Crippen molar-refractivity contribution < 1.29 is 32.6 Å². The van der Waals surface area contributed by atoms with Crippen LogP contribution in [0.4, 0.5) is 13.2 Å². The van der Waals surface area contributed by atoms with Gasteiger partial charge < -0.3 is 9.84 Å². The summed E-state index contributed by atoms with van der Waals surface area (Å²) in [5.74, 6) is -0.520. The summed E-state index contributed by atoms with van der Waals surface area (Å²) in [5.41, 5.74) is 0.240. The van der Waals surface area contributed by atoms with Gasteiger partial charge in [-0.15, -0.1) is 0 Å². The third kappa shape index (κ3) is 5.94. The number of ketones is 2. The molecule has 0 aliphatic rings. The summed E-state index contributed by atoms with van der Waals surface area (Å²) >= 11 is 0. The van der Waals surface area contributed by atoms with Crippen LogP contribution < -0.4 is 4.74 Å². The summed E-state index contributed by atoms with van der Waals surface area (Å²) in [5, 5.41) is 9.62. The monoisotopic (exact) mass is 406 g/mol. The van der Waals surface area contributed by atoms with Crippen LogP contribution in [0.1, 0.15) is 36.5 Å². The number of carbonyl (C=O) groups is 2. The predicted molar refractivity (Wildman–Crippen MR) is 103 cm³/mol. The van der Waals surface area contributed by atoms with E-state index in [1.165, 1.54) is 31.4 Å². The average molecular weight is 406 g/mol. The van der Waals surface area contributed by atoms with E-state index in [-0.39, 0.29) is 35.7 Å². The van der Waals surface area contributed by atoms with Crippen LogP contribution in [0.5, 0.6) is 11.5 Å². The van der Waals surface area contributed by atoms with Crippen molar-refractivity contribution in [1.82, 2.24) is 0 Å². The Balaban J connectivity index is 2.20. The number of phenolic OH excluding ortho intramolecular Hbond substituents is 1. The van der Waals surface area contributed by atoms with Crippen molar-refractivity contribution in [2.24, 2.45) is 0 Å². The van der Waals surface area contributed by atoms with Gasteiger partial charge in [0.25, 0.3) is 0 Å². The maximum atomic E-state index is 12.7. The van der Waals surface area contributed by atoms with Crippen molar-refractivity contribution in [3.8, 4) is 11.5 Å². The molecule has 0 unspecified atom stereocenters. The lowest BCUT2D eigenvalue weighted by molar-refractivity contribution is -0.137. The van der Waals surface area contributed by atoms with Crippen molar-refractivity contribution in [3.63, 3.8) is 0 Å². The Bertz CT molecular complexity index is 913. The smallest absolute Gasteiger partial charge is 0.416 e. The molecule has 1 N–H and O–H groups in total. The molecule has 0 saturated heterocycles. The van der Waals surface area contributed by atoms with E-state index in [2.05, 4.69) is 0 Å². The van der Waals surface area contributed by atoms with E-state index < -0.39 is 17.5 Å². The van der Waals surface area contributed by atoms with Gasteiger partial charge in [-0.2, -0.15) is 13.2 Å². The van der Waals surface area contributed by atoms with Gasteiger partial charge in [0.15, 0.2) is 23.1 Å². The molecule has 0 saturated carbocycles. The summed E-state index contributed by atoms with van der Waals surface area (Å²) in [7, 11) is 1.41. The Morgan fingerprint density at radius 1 is 1.07 bits per heavy atom. The van der Waals surface area contributed by atoms with Gasteiger partial charge in [0.2, 0.25) is 0 Å². The number of hydrogen-bond acceptors (Lipinski definition) is 4. The second-order valence-electron chi connectivity index (χ2n) is 6.38. The second kappa shape index (κ2) is 9.41. The van der Waals surface area contributed by atoms with Crippen molar-refractivity contribution in [2.45, 2.75) is 32.4 Å².